The zero-order valence-electron chi connectivity index (χ0n) is 13.3. The van der Waals surface area contributed by atoms with Gasteiger partial charge < -0.3 is 10.8 Å². The standard InChI is InChI=1S/C17H26N2O.2ClH/c1-12(2)16-17(8-14(18)15(20)9-17)11-19(16)10-13-6-4-3-5-7-13;;/h3-7,12,14-16,20H,8-11,18H2,1-2H3;2*1H. The Hall–Kier alpha value is -0.320. The first-order chi connectivity index (χ1) is 9.52. The number of hydrogen-bond donors (Lipinski definition) is 2. The zero-order chi connectivity index (χ0) is 14.3. The van der Waals surface area contributed by atoms with Gasteiger partial charge in [0.05, 0.1) is 6.10 Å². The van der Waals surface area contributed by atoms with Gasteiger partial charge in [-0.05, 0) is 24.3 Å². The van der Waals surface area contributed by atoms with Gasteiger partial charge in [-0.2, -0.15) is 0 Å². The van der Waals surface area contributed by atoms with Gasteiger partial charge in [0.1, 0.15) is 0 Å². The summed E-state index contributed by atoms with van der Waals surface area (Å²) in [7, 11) is 0. The Morgan fingerprint density at radius 3 is 2.36 bits per heavy atom. The number of hydrogen-bond acceptors (Lipinski definition) is 3. The van der Waals surface area contributed by atoms with E-state index in [1.165, 1.54) is 5.56 Å². The van der Waals surface area contributed by atoms with Gasteiger partial charge in [-0.25, -0.2) is 0 Å². The highest BCUT2D eigenvalue weighted by Gasteiger charge is 2.58. The van der Waals surface area contributed by atoms with E-state index >= 15 is 0 Å². The van der Waals surface area contributed by atoms with Crippen LogP contribution in [0.5, 0.6) is 0 Å². The van der Waals surface area contributed by atoms with Gasteiger partial charge in [-0.1, -0.05) is 44.2 Å². The average molecular weight is 347 g/mol. The van der Waals surface area contributed by atoms with E-state index in [9.17, 15) is 5.11 Å². The van der Waals surface area contributed by atoms with E-state index in [1.54, 1.807) is 0 Å². The van der Waals surface area contributed by atoms with Crippen molar-refractivity contribution in [3.8, 4) is 0 Å². The van der Waals surface area contributed by atoms with Crippen LogP contribution in [0.4, 0.5) is 0 Å². The van der Waals surface area contributed by atoms with Gasteiger partial charge in [-0.15, -0.1) is 24.8 Å². The molecule has 2 fully saturated rings. The summed E-state index contributed by atoms with van der Waals surface area (Å²) in [5.74, 6) is 0.602. The molecule has 1 aromatic rings. The lowest BCUT2D eigenvalue weighted by atomic mass is 9.65. The lowest BCUT2D eigenvalue weighted by Gasteiger charge is -2.58. The summed E-state index contributed by atoms with van der Waals surface area (Å²) in [5.41, 5.74) is 7.68. The fourth-order valence-corrected chi connectivity index (χ4v) is 4.60. The first-order valence-corrected chi connectivity index (χ1v) is 7.73. The van der Waals surface area contributed by atoms with E-state index in [0.717, 1.165) is 25.9 Å². The molecular formula is C17H28Cl2N2O. The molecule has 1 heterocycles. The minimum Gasteiger partial charge on any atom is -0.391 e. The van der Waals surface area contributed by atoms with Crippen molar-refractivity contribution in [1.82, 2.24) is 4.90 Å². The molecule has 4 unspecified atom stereocenters. The first-order valence-electron chi connectivity index (χ1n) is 7.73. The summed E-state index contributed by atoms with van der Waals surface area (Å²) >= 11 is 0. The number of aliphatic hydroxyl groups is 1. The van der Waals surface area contributed by atoms with Gasteiger partial charge in [-0.3, -0.25) is 4.90 Å². The molecule has 4 atom stereocenters. The molecule has 1 saturated carbocycles. The van der Waals surface area contributed by atoms with E-state index < -0.39 is 0 Å². The molecule has 2 aliphatic rings. The fraction of sp³-hybridized carbons (Fsp3) is 0.647. The van der Waals surface area contributed by atoms with Crippen LogP contribution in [0.1, 0.15) is 32.3 Å². The summed E-state index contributed by atoms with van der Waals surface area (Å²) in [6.45, 7) is 6.67. The largest absolute Gasteiger partial charge is 0.391 e. The third-order valence-electron chi connectivity index (χ3n) is 5.15. The number of halogens is 2. The Morgan fingerprint density at radius 2 is 1.86 bits per heavy atom. The van der Waals surface area contributed by atoms with Crippen LogP contribution in [-0.2, 0) is 6.54 Å². The van der Waals surface area contributed by atoms with Gasteiger partial charge in [0.15, 0.2) is 0 Å². The highest BCUT2D eigenvalue weighted by molar-refractivity contribution is 5.85. The number of nitrogens with zero attached hydrogens (tertiary/aromatic N) is 1. The van der Waals surface area contributed by atoms with E-state index in [-0.39, 0.29) is 42.4 Å². The van der Waals surface area contributed by atoms with Crippen LogP contribution >= 0.6 is 24.8 Å². The van der Waals surface area contributed by atoms with Gasteiger partial charge in [0.25, 0.3) is 0 Å². The Bertz CT molecular complexity index is 459. The molecule has 5 heteroatoms. The van der Waals surface area contributed by atoms with Crippen LogP contribution in [0.25, 0.3) is 0 Å². The van der Waals surface area contributed by atoms with Crippen molar-refractivity contribution in [3.05, 3.63) is 35.9 Å². The van der Waals surface area contributed by atoms with Crippen LogP contribution in [0.3, 0.4) is 0 Å². The second-order valence-corrected chi connectivity index (χ2v) is 7.08. The fourth-order valence-electron chi connectivity index (χ4n) is 4.60. The minimum atomic E-state index is -0.310. The maximum Gasteiger partial charge on any atom is 0.0697 e. The van der Waals surface area contributed by atoms with Gasteiger partial charge in [0, 0.05) is 30.6 Å². The van der Waals surface area contributed by atoms with E-state index in [2.05, 4.69) is 49.1 Å². The predicted octanol–water partition coefficient (Wildman–Crippen LogP) is 2.84. The second-order valence-electron chi connectivity index (χ2n) is 7.08. The topological polar surface area (TPSA) is 49.5 Å². The van der Waals surface area contributed by atoms with Crippen LogP contribution in [0, 0.1) is 11.3 Å². The third-order valence-corrected chi connectivity index (χ3v) is 5.15. The molecular weight excluding hydrogens is 319 g/mol. The Morgan fingerprint density at radius 1 is 1.23 bits per heavy atom. The molecule has 3 nitrogen and oxygen atoms in total. The smallest absolute Gasteiger partial charge is 0.0697 e. The van der Waals surface area contributed by atoms with Crippen molar-refractivity contribution in [2.45, 2.75) is 51.4 Å². The Balaban J connectivity index is 0.00000121. The monoisotopic (exact) mass is 346 g/mol. The highest BCUT2D eigenvalue weighted by Crippen LogP contribution is 2.52. The molecule has 126 valence electrons. The summed E-state index contributed by atoms with van der Waals surface area (Å²) in [5, 5.41) is 10.0. The maximum atomic E-state index is 10.0. The molecule has 1 aliphatic carbocycles. The van der Waals surface area contributed by atoms with Crippen molar-refractivity contribution in [3.63, 3.8) is 0 Å². The van der Waals surface area contributed by atoms with Crippen LogP contribution in [-0.4, -0.2) is 34.7 Å². The molecule has 1 saturated heterocycles. The number of rotatable bonds is 3. The van der Waals surface area contributed by atoms with Crippen molar-refractivity contribution < 1.29 is 5.11 Å². The number of aliphatic hydroxyl groups excluding tert-OH is 1. The lowest BCUT2D eigenvalue weighted by molar-refractivity contribution is -0.105. The van der Waals surface area contributed by atoms with E-state index in [0.29, 0.717) is 12.0 Å². The van der Waals surface area contributed by atoms with Crippen molar-refractivity contribution in [2.24, 2.45) is 17.1 Å². The van der Waals surface area contributed by atoms with Crippen LogP contribution in [0.2, 0.25) is 0 Å². The number of likely N-dealkylation sites (tertiary alicyclic amines) is 1. The molecule has 0 amide bonds. The summed E-state index contributed by atoms with van der Waals surface area (Å²) in [6.07, 6.45) is 1.54. The highest BCUT2D eigenvalue weighted by atomic mass is 35.5. The molecule has 0 bridgehead atoms. The number of nitrogens with two attached hydrogens (primary N) is 1. The normalized spacial score (nSPS) is 34.1. The molecule has 22 heavy (non-hydrogen) atoms. The van der Waals surface area contributed by atoms with Gasteiger partial charge in [0.2, 0.25) is 0 Å². The molecule has 1 aliphatic heterocycles. The number of benzene rings is 1. The third kappa shape index (κ3) is 3.44. The quantitative estimate of drug-likeness (QED) is 0.884. The maximum absolute atomic E-state index is 10.0. The molecule has 3 N–H and O–H groups in total. The van der Waals surface area contributed by atoms with Crippen molar-refractivity contribution in [1.29, 1.82) is 0 Å². The van der Waals surface area contributed by atoms with Crippen LogP contribution < -0.4 is 5.73 Å². The van der Waals surface area contributed by atoms with Crippen LogP contribution in [0.15, 0.2) is 30.3 Å². The van der Waals surface area contributed by atoms with Crippen molar-refractivity contribution >= 4 is 24.8 Å². The van der Waals surface area contributed by atoms with E-state index in [4.69, 9.17) is 5.73 Å². The molecule has 0 radical (unpaired) electrons. The van der Waals surface area contributed by atoms with E-state index in [1.807, 2.05) is 0 Å². The average Bonchev–Trinajstić information content (AvgIpc) is 2.66. The SMILES string of the molecule is CC(C)C1N(Cc2ccccc2)CC12CC(N)C(O)C2.Cl.Cl. The summed E-state index contributed by atoms with van der Waals surface area (Å²) < 4.78 is 0. The lowest BCUT2D eigenvalue weighted by Crippen LogP contribution is -2.65. The second kappa shape index (κ2) is 7.50. The first kappa shape index (κ1) is 19.7. The van der Waals surface area contributed by atoms with Crippen molar-refractivity contribution in [2.75, 3.05) is 6.54 Å². The molecule has 1 spiro atoms. The molecule has 1 aromatic carbocycles. The van der Waals surface area contributed by atoms with Gasteiger partial charge >= 0.3 is 0 Å². The predicted molar refractivity (Wildman–Crippen MR) is 95.6 cm³/mol. The molecule has 0 aromatic heterocycles. The Kier molecular flexibility index (Phi) is 6.72. The Labute approximate surface area is 146 Å². The minimum absolute atomic E-state index is 0. The summed E-state index contributed by atoms with van der Waals surface area (Å²) in [4.78, 5) is 2.56. The zero-order valence-corrected chi connectivity index (χ0v) is 14.9. The molecule has 3 rings (SSSR count). The summed E-state index contributed by atoms with van der Waals surface area (Å²) in [6, 6.07) is 11.2.